The van der Waals surface area contributed by atoms with E-state index in [0.29, 0.717) is 35.0 Å². The Morgan fingerprint density at radius 2 is 1.72 bits per heavy atom. The molecule has 0 radical (unpaired) electrons. The highest BCUT2D eigenvalue weighted by molar-refractivity contribution is 7.98. The molecule has 2 heterocycles. The highest BCUT2D eigenvalue weighted by Crippen LogP contribution is 2.28. The van der Waals surface area contributed by atoms with Crippen LogP contribution in [0.15, 0.2) is 96.4 Å². The largest absolute Gasteiger partial charge is 0.348 e. The number of aromatic nitrogens is 3. The second-order valence-electron chi connectivity index (χ2n) is 8.23. The molecule has 0 aliphatic heterocycles. The summed E-state index contributed by atoms with van der Waals surface area (Å²) in [5, 5.41) is 4.37. The van der Waals surface area contributed by atoms with Crippen LogP contribution >= 0.6 is 23.4 Å². The van der Waals surface area contributed by atoms with Gasteiger partial charge in [-0.1, -0.05) is 65.8 Å². The standard InChI is InChI=1S/C28H22ClFN4OS/c29-23-11-7-19(8-12-23)15-32-27(35)21-9-5-20(6-10-21)18-36-28-33-25-13-14-31-16-26(25)34(28)17-22-3-1-2-4-24(22)30/h1-14,16H,15,17-18H2,(H,32,35). The molecule has 0 saturated heterocycles. The van der Waals surface area contributed by atoms with Gasteiger partial charge in [0.2, 0.25) is 0 Å². The Balaban J connectivity index is 1.26. The fourth-order valence-electron chi connectivity index (χ4n) is 3.79. The number of amides is 1. The number of halogens is 2. The fourth-order valence-corrected chi connectivity index (χ4v) is 4.89. The molecule has 0 aliphatic rings. The third-order valence-corrected chi connectivity index (χ3v) is 7.05. The van der Waals surface area contributed by atoms with Crippen LogP contribution in [0.5, 0.6) is 0 Å². The minimum atomic E-state index is -0.246. The van der Waals surface area contributed by atoms with Crippen molar-refractivity contribution in [2.24, 2.45) is 0 Å². The van der Waals surface area contributed by atoms with Crippen LogP contribution in [0.25, 0.3) is 11.0 Å². The maximum absolute atomic E-state index is 14.3. The molecular weight excluding hydrogens is 495 g/mol. The van der Waals surface area contributed by atoms with Gasteiger partial charge in [-0.05, 0) is 47.5 Å². The first-order valence-electron chi connectivity index (χ1n) is 11.3. The summed E-state index contributed by atoms with van der Waals surface area (Å²) in [6, 6.07) is 23.5. The second kappa shape index (κ2) is 10.9. The molecule has 1 N–H and O–H groups in total. The maximum Gasteiger partial charge on any atom is 0.251 e. The van der Waals surface area contributed by atoms with Crippen molar-refractivity contribution >= 4 is 40.3 Å². The van der Waals surface area contributed by atoms with Crippen molar-refractivity contribution < 1.29 is 9.18 Å². The molecule has 8 heteroatoms. The lowest BCUT2D eigenvalue weighted by atomic mass is 10.1. The van der Waals surface area contributed by atoms with E-state index in [9.17, 15) is 9.18 Å². The Labute approximate surface area is 217 Å². The number of rotatable bonds is 8. The third kappa shape index (κ3) is 5.58. The Bertz CT molecular complexity index is 1500. The molecule has 0 aliphatic carbocycles. The fraction of sp³-hybridized carbons (Fsp3) is 0.107. The van der Waals surface area contributed by atoms with Crippen molar-refractivity contribution in [3.63, 3.8) is 0 Å². The number of imidazole rings is 1. The van der Waals surface area contributed by atoms with Crippen LogP contribution in [-0.4, -0.2) is 20.4 Å². The smallest absolute Gasteiger partial charge is 0.251 e. The SMILES string of the molecule is O=C(NCc1ccc(Cl)cc1)c1ccc(CSc2nc3ccncc3n2Cc2ccccc2F)cc1. The van der Waals surface area contributed by atoms with E-state index in [2.05, 4.69) is 10.3 Å². The molecule has 0 saturated carbocycles. The number of benzene rings is 3. The molecule has 0 unspecified atom stereocenters. The number of nitrogens with zero attached hydrogens (tertiary/aromatic N) is 3. The number of carbonyl (C=O) groups excluding carboxylic acids is 1. The predicted octanol–water partition coefficient (Wildman–Crippen LogP) is 6.49. The lowest BCUT2D eigenvalue weighted by Gasteiger charge is -2.10. The van der Waals surface area contributed by atoms with Crippen LogP contribution in [0.2, 0.25) is 5.02 Å². The zero-order chi connectivity index (χ0) is 24.9. The average Bonchev–Trinajstić information content (AvgIpc) is 3.26. The quantitative estimate of drug-likeness (QED) is 0.239. The van der Waals surface area contributed by atoms with Crippen LogP contribution < -0.4 is 5.32 Å². The molecule has 1 amide bonds. The Hall–Kier alpha value is -3.68. The lowest BCUT2D eigenvalue weighted by molar-refractivity contribution is 0.0951. The number of hydrogen-bond acceptors (Lipinski definition) is 4. The highest BCUT2D eigenvalue weighted by atomic mass is 35.5. The summed E-state index contributed by atoms with van der Waals surface area (Å²) in [4.78, 5) is 21.5. The molecule has 5 nitrogen and oxygen atoms in total. The van der Waals surface area contributed by atoms with Gasteiger partial charge in [-0.25, -0.2) is 9.37 Å². The van der Waals surface area contributed by atoms with E-state index in [1.54, 1.807) is 48.4 Å². The first-order chi connectivity index (χ1) is 17.6. The molecule has 3 aromatic carbocycles. The molecule has 36 heavy (non-hydrogen) atoms. The monoisotopic (exact) mass is 516 g/mol. The normalized spacial score (nSPS) is 11.1. The van der Waals surface area contributed by atoms with Gasteiger partial charge in [0, 0.05) is 34.6 Å². The van der Waals surface area contributed by atoms with E-state index in [0.717, 1.165) is 27.3 Å². The summed E-state index contributed by atoms with van der Waals surface area (Å²) in [5.41, 5.74) is 4.89. The number of thioether (sulfide) groups is 1. The summed E-state index contributed by atoms with van der Waals surface area (Å²) in [5.74, 6) is 0.271. The van der Waals surface area contributed by atoms with E-state index in [-0.39, 0.29) is 11.7 Å². The van der Waals surface area contributed by atoms with Crippen molar-refractivity contribution in [3.05, 3.63) is 124 Å². The van der Waals surface area contributed by atoms with Crippen molar-refractivity contribution in [1.29, 1.82) is 0 Å². The average molecular weight is 517 g/mol. The first-order valence-corrected chi connectivity index (χ1v) is 12.7. The maximum atomic E-state index is 14.3. The van der Waals surface area contributed by atoms with E-state index >= 15 is 0 Å². The number of nitrogens with one attached hydrogen (secondary N) is 1. The summed E-state index contributed by atoms with van der Waals surface area (Å²) < 4.78 is 16.3. The number of carbonyl (C=O) groups is 1. The van der Waals surface area contributed by atoms with Crippen molar-refractivity contribution in [3.8, 4) is 0 Å². The topological polar surface area (TPSA) is 59.8 Å². The molecule has 5 rings (SSSR count). The van der Waals surface area contributed by atoms with Gasteiger partial charge in [0.15, 0.2) is 5.16 Å². The van der Waals surface area contributed by atoms with Gasteiger partial charge in [0.25, 0.3) is 5.91 Å². The Morgan fingerprint density at radius 1 is 0.972 bits per heavy atom. The summed E-state index contributed by atoms with van der Waals surface area (Å²) in [6.45, 7) is 0.796. The van der Waals surface area contributed by atoms with Gasteiger partial charge in [0.1, 0.15) is 5.82 Å². The van der Waals surface area contributed by atoms with Crippen LogP contribution in [0.4, 0.5) is 4.39 Å². The van der Waals surface area contributed by atoms with E-state index in [1.165, 1.54) is 6.07 Å². The van der Waals surface area contributed by atoms with E-state index < -0.39 is 0 Å². The number of pyridine rings is 1. The number of fused-ring (bicyclic) bond motifs is 1. The predicted molar refractivity (Wildman–Crippen MR) is 142 cm³/mol. The molecule has 0 atom stereocenters. The van der Waals surface area contributed by atoms with E-state index in [1.807, 2.05) is 53.1 Å². The van der Waals surface area contributed by atoms with Gasteiger partial charge in [-0.2, -0.15) is 0 Å². The van der Waals surface area contributed by atoms with E-state index in [4.69, 9.17) is 16.6 Å². The molecule has 0 fully saturated rings. The second-order valence-corrected chi connectivity index (χ2v) is 9.61. The summed E-state index contributed by atoms with van der Waals surface area (Å²) >= 11 is 7.47. The summed E-state index contributed by atoms with van der Waals surface area (Å²) in [6.07, 6.45) is 3.46. The first kappa shape index (κ1) is 24.0. The van der Waals surface area contributed by atoms with Crippen LogP contribution in [-0.2, 0) is 18.8 Å². The molecule has 2 aromatic heterocycles. The van der Waals surface area contributed by atoms with Gasteiger partial charge >= 0.3 is 0 Å². The molecular formula is C28H22ClFN4OS. The van der Waals surface area contributed by atoms with Crippen LogP contribution in [0.1, 0.15) is 27.0 Å². The number of hydrogen-bond donors (Lipinski definition) is 1. The highest BCUT2D eigenvalue weighted by Gasteiger charge is 2.14. The van der Waals surface area contributed by atoms with Crippen molar-refractivity contribution in [2.45, 2.75) is 24.0 Å². The van der Waals surface area contributed by atoms with Gasteiger partial charge in [-0.3, -0.25) is 9.78 Å². The summed E-state index contributed by atoms with van der Waals surface area (Å²) in [7, 11) is 0. The Kier molecular flexibility index (Phi) is 7.30. The lowest BCUT2D eigenvalue weighted by Crippen LogP contribution is -2.22. The van der Waals surface area contributed by atoms with Crippen LogP contribution in [0, 0.1) is 5.82 Å². The van der Waals surface area contributed by atoms with Crippen molar-refractivity contribution in [2.75, 3.05) is 0 Å². The van der Waals surface area contributed by atoms with Gasteiger partial charge in [-0.15, -0.1) is 0 Å². The van der Waals surface area contributed by atoms with Gasteiger partial charge in [0.05, 0.1) is 23.8 Å². The van der Waals surface area contributed by atoms with Crippen LogP contribution in [0.3, 0.4) is 0 Å². The Morgan fingerprint density at radius 3 is 2.50 bits per heavy atom. The van der Waals surface area contributed by atoms with Gasteiger partial charge < -0.3 is 9.88 Å². The molecule has 0 spiro atoms. The minimum Gasteiger partial charge on any atom is -0.348 e. The zero-order valence-electron chi connectivity index (χ0n) is 19.2. The minimum absolute atomic E-state index is 0.136. The zero-order valence-corrected chi connectivity index (χ0v) is 20.8. The molecule has 180 valence electrons. The molecule has 5 aromatic rings. The third-order valence-electron chi connectivity index (χ3n) is 5.75. The molecule has 0 bridgehead atoms. The van der Waals surface area contributed by atoms with Crippen molar-refractivity contribution in [1.82, 2.24) is 19.9 Å².